The molecule has 7 nitrogen and oxygen atoms in total. The van der Waals surface area contributed by atoms with Gasteiger partial charge in [0.15, 0.2) is 11.5 Å². The van der Waals surface area contributed by atoms with E-state index in [0.717, 1.165) is 5.56 Å². The highest BCUT2D eigenvalue weighted by atomic mass is 35.5. The zero-order valence-corrected chi connectivity index (χ0v) is 18.9. The second kappa shape index (κ2) is 8.76. The number of carbonyl (C=O) groups is 2. The van der Waals surface area contributed by atoms with E-state index in [9.17, 15) is 14.7 Å². The summed E-state index contributed by atoms with van der Waals surface area (Å²) in [6, 6.07) is 16.2. The lowest BCUT2D eigenvalue weighted by molar-refractivity contribution is -0.130. The lowest BCUT2D eigenvalue weighted by Gasteiger charge is -2.24. The number of fused-ring (bicyclic) bond motifs is 1. The molecule has 1 unspecified atom stereocenters. The van der Waals surface area contributed by atoms with Crippen molar-refractivity contribution in [2.75, 3.05) is 6.61 Å². The Balaban J connectivity index is 1.51. The highest BCUT2D eigenvalue weighted by Crippen LogP contribution is 2.40. The Bertz CT molecular complexity index is 1400. The summed E-state index contributed by atoms with van der Waals surface area (Å²) in [4.78, 5) is 28.0. The van der Waals surface area contributed by atoms with Crippen molar-refractivity contribution in [2.45, 2.75) is 19.5 Å². The molecule has 1 atom stereocenters. The Morgan fingerprint density at radius 3 is 2.65 bits per heavy atom. The Hall–Kier alpha value is -3.97. The summed E-state index contributed by atoms with van der Waals surface area (Å²) < 4.78 is 16.7. The number of hydrogen-bond donors (Lipinski definition) is 1. The third-order valence-corrected chi connectivity index (χ3v) is 5.89. The van der Waals surface area contributed by atoms with Gasteiger partial charge in [-0.15, -0.1) is 0 Å². The van der Waals surface area contributed by atoms with Crippen LogP contribution in [0.4, 0.5) is 0 Å². The summed E-state index contributed by atoms with van der Waals surface area (Å²) in [7, 11) is 0. The van der Waals surface area contributed by atoms with Crippen LogP contribution in [0.15, 0.2) is 87.1 Å². The van der Waals surface area contributed by atoms with E-state index < -0.39 is 23.5 Å². The molecular formula is C26H20ClNO6. The molecule has 0 saturated heterocycles. The molecule has 0 aliphatic carbocycles. The Kier molecular flexibility index (Phi) is 5.63. The molecule has 8 heteroatoms. The summed E-state index contributed by atoms with van der Waals surface area (Å²) in [5.74, 6) is -0.845. The number of amides is 1. The third kappa shape index (κ3) is 3.84. The molecule has 0 radical (unpaired) electrons. The van der Waals surface area contributed by atoms with E-state index in [2.05, 4.69) is 0 Å². The first kappa shape index (κ1) is 21.9. The molecule has 2 aromatic carbocycles. The standard InChI is InChI=1S/C26H20ClNO6/c1-2-32-18-8-5-15(6-9-18)14-28-23(20-4-3-11-33-20)22(25(30)26(28)31)24(29)21-13-16-12-17(27)7-10-19(16)34-21/h3-13,23,30H,2,14H2,1H3. The number of carbonyl (C=O) groups excluding carboxylic acids is 2. The van der Waals surface area contributed by atoms with Gasteiger partial charge in [0.1, 0.15) is 23.1 Å². The molecule has 3 heterocycles. The number of ketones is 1. The third-order valence-electron chi connectivity index (χ3n) is 5.65. The maximum Gasteiger partial charge on any atom is 0.290 e. The molecule has 2 aromatic heterocycles. The van der Waals surface area contributed by atoms with E-state index >= 15 is 0 Å². The highest BCUT2D eigenvalue weighted by molar-refractivity contribution is 6.31. The number of ether oxygens (including phenoxy) is 1. The van der Waals surface area contributed by atoms with Crippen molar-refractivity contribution in [3.05, 3.63) is 100 Å². The van der Waals surface area contributed by atoms with Gasteiger partial charge in [0.25, 0.3) is 5.91 Å². The van der Waals surface area contributed by atoms with Crippen molar-refractivity contribution in [3.63, 3.8) is 0 Å². The molecule has 34 heavy (non-hydrogen) atoms. The van der Waals surface area contributed by atoms with Gasteiger partial charge in [0.05, 0.1) is 18.4 Å². The van der Waals surface area contributed by atoms with Gasteiger partial charge in [0, 0.05) is 17.0 Å². The molecule has 5 rings (SSSR count). The van der Waals surface area contributed by atoms with Gasteiger partial charge < -0.3 is 23.6 Å². The monoisotopic (exact) mass is 477 g/mol. The first-order valence-corrected chi connectivity index (χ1v) is 11.1. The van der Waals surface area contributed by atoms with Crippen LogP contribution in [0.25, 0.3) is 11.0 Å². The number of aliphatic hydroxyl groups is 1. The first-order chi connectivity index (χ1) is 16.5. The van der Waals surface area contributed by atoms with Gasteiger partial charge in [-0.1, -0.05) is 23.7 Å². The Labute approximate surface area is 199 Å². The average molecular weight is 478 g/mol. The molecule has 0 fully saturated rings. The molecule has 1 amide bonds. The van der Waals surface area contributed by atoms with E-state index in [1.54, 1.807) is 48.5 Å². The molecule has 0 spiro atoms. The molecule has 1 N–H and O–H groups in total. The van der Waals surface area contributed by atoms with Crippen LogP contribution in [0.2, 0.25) is 5.02 Å². The summed E-state index contributed by atoms with van der Waals surface area (Å²) in [6.07, 6.45) is 1.45. The number of furan rings is 2. The fourth-order valence-corrected chi connectivity index (χ4v) is 4.29. The van der Waals surface area contributed by atoms with Gasteiger partial charge in [-0.2, -0.15) is 0 Å². The largest absolute Gasteiger partial charge is 0.503 e. The SMILES string of the molecule is CCOc1ccc(CN2C(=O)C(O)=C(C(=O)c3cc4cc(Cl)ccc4o3)C2c2ccco2)cc1. The minimum Gasteiger partial charge on any atom is -0.503 e. The van der Waals surface area contributed by atoms with E-state index in [-0.39, 0.29) is 17.9 Å². The molecule has 0 saturated carbocycles. The highest BCUT2D eigenvalue weighted by Gasteiger charge is 2.45. The van der Waals surface area contributed by atoms with Gasteiger partial charge in [0.2, 0.25) is 5.78 Å². The molecule has 0 bridgehead atoms. The lowest BCUT2D eigenvalue weighted by atomic mass is 9.99. The van der Waals surface area contributed by atoms with Crippen LogP contribution in [0.1, 0.15) is 34.8 Å². The summed E-state index contributed by atoms with van der Waals surface area (Å²) in [6.45, 7) is 2.59. The predicted octanol–water partition coefficient (Wildman–Crippen LogP) is 5.86. The van der Waals surface area contributed by atoms with Gasteiger partial charge >= 0.3 is 0 Å². The van der Waals surface area contributed by atoms with Crippen LogP contribution in [-0.2, 0) is 11.3 Å². The lowest BCUT2D eigenvalue weighted by Crippen LogP contribution is -2.30. The van der Waals surface area contributed by atoms with Crippen LogP contribution in [0, 0.1) is 0 Å². The Morgan fingerprint density at radius 2 is 1.94 bits per heavy atom. The topological polar surface area (TPSA) is 93.1 Å². The average Bonchev–Trinajstić information content (AvgIpc) is 3.55. The normalized spacial score (nSPS) is 16.0. The zero-order valence-electron chi connectivity index (χ0n) is 18.2. The number of benzene rings is 2. The molecule has 1 aliphatic heterocycles. The van der Waals surface area contributed by atoms with Gasteiger partial charge in [-0.05, 0) is 61.0 Å². The van der Waals surface area contributed by atoms with Crippen LogP contribution < -0.4 is 4.74 Å². The van der Waals surface area contributed by atoms with Crippen molar-refractivity contribution in [1.82, 2.24) is 4.90 Å². The van der Waals surface area contributed by atoms with Crippen molar-refractivity contribution < 1.29 is 28.3 Å². The number of aliphatic hydroxyl groups excluding tert-OH is 1. The van der Waals surface area contributed by atoms with Crippen LogP contribution in [0.5, 0.6) is 5.75 Å². The number of hydrogen-bond acceptors (Lipinski definition) is 6. The van der Waals surface area contributed by atoms with Crippen LogP contribution in [-0.4, -0.2) is 28.3 Å². The number of rotatable bonds is 7. The summed E-state index contributed by atoms with van der Waals surface area (Å²) in [5, 5.41) is 11.9. The number of nitrogens with zero attached hydrogens (tertiary/aromatic N) is 1. The van der Waals surface area contributed by atoms with Crippen LogP contribution in [0.3, 0.4) is 0 Å². The second-order valence-electron chi connectivity index (χ2n) is 7.81. The fraction of sp³-hybridized carbons (Fsp3) is 0.154. The first-order valence-electron chi connectivity index (χ1n) is 10.7. The zero-order chi connectivity index (χ0) is 23.8. The van der Waals surface area contributed by atoms with Crippen LogP contribution >= 0.6 is 11.6 Å². The molecule has 172 valence electrons. The molecular weight excluding hydrogens is 458 g/mol. The van der Waals surface area contributed by atoms with E-state index in [1.807, 2.05) is 19.1 Å². The van der Waals surface area contributed by atoms with Crippen molar-refractivity contribution >= 4 is 34.3 Å². The maximum atomic E-state index is 13.5. The van der Waals surface area contributed by atoms with Crippen molar-refractivity contribution in [3.8, 4) is 5.75 Å². The number of halogens is 1. The van der Waals surface area contributed by atoms with Gasteiger partial charge in [-0.3, -0.25) is 9.59 Å². The maximum absolute atomic E-state index is 13.5. The second-order valence-corrected chi connectivity index (χ2v) is 8.25. The van der Waals surface area contributed by atoms with Crippen molar-refractivity contribution in [1.29, 1.82) is 0 Å². The quantitative estimate of drug-likeness (QED) is 0.335. The Morgan fingerprint density at radius 1 is 1.15 bits per heavy atom. The van der Waals surface area contributed by atoms with E-state index in [4.69, 9.17) is 25.2 Å². The van der Waals surface area contributed by atoms with Crippen molar-refractivity contribution in [2.24, 2.45) is 0 Å². The minimum atomic E-state index is -0.918. The summed E-state index contributed by atoms with van der Waals surface area (Å²) in [5.41, 5.74) is 1.17. The predicted molar refractivity (Wildman–Crippen MR) is 125 cm³/mol. The molecule has 1 aliphatic rings. The van der Waals surface area contributed by atoms with E-state index in [0.29, 0.717) is 34.1 Å². The van der Waals surface area contributed by atoms with Gasteiger partial charge in [-0.25, -0.2) is 0 Å². The smallest absolute Gasteiger partial charge is 0.290 e. The number of Topliss-reactive ketones (excluding diaryl/α,β-unsaturated/α-hetero) is 1. The fourth-order valence-electron chi connectivity index (χ4n) is 4.10. The summed E-state index contributed by atoms with van der Waals surface area (Å²) >= 11 is 6.04. The minimum absolute atomic E-state index is 0.00825. The van der Waals surface area contributed by atoms with E-state index in [1.165, 1.54) is 11.2 Å². The molecule has 4 aromatic rings.